The summed E-state index contributed by atoms with van der Waals surface area (Å²) < 4.78 is 0. The van der Waals surface area contributed by atoms with Gasteiger partial charge in [-0.25, -0.2) is 9.97 Å². The fourth-order valence-electron chi connectivity index (χ4n) is 5.13. The van der Waals surface area contributed by atoms with Gasteiger partial charge in [0.25, 0.3) is 0 Å². The van der Waals surface area contributed by atoms with E-state index in [0.29, 0.717) is 5.82 Å². The zero-order valence-electron chi connectivity index (χ0n) is 20.8. The summed E-state index contributed by atoms with van der Waals surface area (Å²) in [5, 5.41) is 10.7. The number of nitrogens with one attached hydrogen (secondary N) is 2. The van der Waals surface area contributed by atoms with Crippen molar-refractivity contribution in [3.63, 3.8) is 0 Å². The summed E-state index contributed by atoms with van der Waals surface area (Å²) in [7, 11) is 0. The van der Waals surface area contributed by atoms with Crippen LogP contribution in [0.3, 0.4) is 0 Å². The van der Waals surface area contributed by atoms with Crippen molar-refractivity contribution in [2.75, 3.05) is 42.9 Å². The molecule has 2 fully saturated rings. The van der Waals surface area contributed by atoms with Crippen molar-refractivity contribution < 1.29 is 0 Å². The van der Waals surface area contributed by atoms with Crippen LogP contribution in [0.15, 0.2) is 42.5 Å². The second kappa shape index (κ2) is 11.5. The lowest BCUT2D eigenvalue weighted by Crippen LogP contribution is -2.39. The number of rotatable bonds is 7. The molecule has 1 aromatic carbocycles. The molecular weight excluding hydrogens is 434 g/mol. The summed E-state index contributed by atoms with van der Waals surface area (Å²) in [4.78, 5) is 14.8. The van der Waals surface area contributed by atoms with Crippen molar-refractivity contribution in [1.82, 2.24) is 25.1 Å². The normalized spacial score (nSPS) is 18.1. The summed E-state index contributed by atoms with van der Waals surface area (Å²) in [6, 6.07) is 14.3. The van der Waals surface area contributed by atoms with E-state index >= 15 is 0 Å². The standard InChI is InChI=1S/C28H37N7/c1-22-19-27(33-32-22)30-26-20-28(31-25(29-26)12-11-23-9-5-4-6-10-23)35-17-13-24(14-18-35)21-34-15-7-2-3-8-16-34/h4-6,9-12,19-20,24H,2-3,7-8,13-18,21H2,1H3,(H2,29,30,31,32,33)/b12-11+. The van der Waals surface area contributed by atoms with E-state index in [-0.39, 0.29) is 0 Å². The zero-order valence-corrected chi connectivity index (χ0v) is 20.8. The fraction of sp³-hybridized carbons (Fsp3) is 0.464. The third-order valence-electron chi connectivity index (χ3n) is 7.07. The number of hydrogen-bond donors (Lipinski definition) is 2. The van der Waals surface area contributed by atoms with Crippen molar-refractivity contribution in [2.24, 2.45) is 5.92 Å². The summed E-state index contributed by atoms with van der Waals surface area (Å²) in [6.45, 7) is 7.90. The molecule has 2 aromatic heterocycles. The van der Waals surface area contributed by atoms with Crippen molar-refractivity contribution in [2.45, 2.75) is 45.4 Å². The molecule has 0 spiro atoms. The third-order valence-corrected chi connectivity index (χ3v) is 7.07. The van der Waals surface area contributed by atoms with Crippen molar-refractivity contribution in [3.05, 3.63) is 59.5 Å². The topological polar surface area (TPSA) is 73.0 Å². The molecule has 0 unspecified atom stereocenters. The molecule has 0 radical (unpaired) electrons. The van der Waals surface area contributed by atoms with Crippen LogP contribution in [0.25, 0.3) is 12.2 Å². The molecule has 0 saturated carbocycles. The number of H-pyrrole nitrogens is 1. The first-order valence-electron chi connectivity index (χ1n) is 13.1. The van der Waals surface area contributed by atoms with Crippen molar-refractivity contribution >= 4 is 29.6 Å². The second-order valence-electron chi connectivity index (χ2n) is 9.92. The highest BCUT2D eigenvalue weighted by Gasteiger charge is 2.23. The van der Waals surface area contributed by atoms with Crippen LogP contribution in [-0.4, -0.2) is 57.8 Å². The average Bonchev–Trinajstić information content (AvgIpc) is 3.12. The third kappa shape index (κ3) is 6.69. The predicted octanol–water partition coefficient (Wildman–Crippen LogP) is 5.51. The SMILES string of the molecule is Cc1cc(Nc2cc(N3CCC(CN4CCCCCC4)CC3)nc(/C=C/c3ccccc3)n2)n[nH]1. The van der Waals surface area contributed by atoms with Crippen LogP contribution < -0.4 is 10.2 Å². The van der Waals surface area contributed by atoms with E-state index in [4.69, 9.17) is 9.97 Å². The monoisotopic (exact) mass is 471 g/mol. The molecule has 0 atom stereocenters. The molecule has 184 valence electrons. The molecule has 3 aromatic rings. The maximum atomic E-state index is 4.92. The van der Waals surface area contributed by atoms with E-state index in [1.165, 1.54) is 58.2 Å². The number of hydrogen-bond acceptors (Lipinski definition) is 6. The number of anilines is 3. The largest absolute Gasteiger partial charge is 0.356 e. The Kier molecular flexibility index (Phi) is 7.73. The van der Waals surface area contributed by atoms with Gasteiger partial charge < -0.3 is 15.1 Å². The molecule has 0 aliphatic carbocycles. The van der Waals surface area contributed by atoms with Gasteiger partial charge in [0.15, 0.2) is 11.6 Å². The molecule has 4 heterocycles. The van der Waals surface area contributed by atoms with E-state index in [2.05, 4.69) is 49.6 Å². The molecular formula is C28H37N7. The average molecular weight is 472 g/mol. The Hall–Kier alpha value is -3.19. The van der Waals surface area contributed by atoms with Crippen LogP contribution >= 0.6 is 0 Å². The molecule has 35 heavy (non-hydrogen) atoms. The van der Waals surface area contributed by atoms with Crippen LogP contribution in [0.5, 0.6) is 0 Å². The Bertz CT molecular complexity index is 1090. The lowest BCUT2D eigenvalue weighted by molar-refractivity contribution is 0.217. The molecule has 7 nitrogen and oxygen atoms in total. The summed E-state index contributed by atoms with van der Waals surface area (Å²) in [5.74, 6) is 4.00. The first kappa shape index (κ1) is 23.5. The molecule has 5 rings (SSSR count). The van der Waals surface area contributed by atoms with Gasteiger partial charge >= 0.3 is 0 Å². The lowest BCUT2D eigenvalue weighted by atomic mass is 9.96. The molecule has 2 saturated heterocycles. The number of aromatic amines is 1. The van der Waals surface area contributed by atoms with Gasteiger partial charge in [-0.2, -0.15) is 5.10 Å². The van der Waals surface area contributed by atoms with Crippen molar-refractivity contribution in [1.29, 1.82) is 0 Å². The smallest absolute Gasteiger partial charge is 0.156 e. The Morgan fingerprint density at radius 3 is 2.40 bits per heavy atom. The first-order chi connectivity index (χ1) is 17.2. The highest BCUT2D eigenvalue weighted by molar-refractivity contribution is 5.69. The van der Waals surface area contributed by atoms with E-state index in [1.807, 2.05) is 37.3 Å². The molecule has 2 N–H and O–H groups in total. The minimum atomic E-state index is 0.702. The van der Waals surface area contributed by atoms with Crippen LogP contribution in [0.1, 0.15) is 55.6 Å². The van der Waals surface area contributed by atoms with Crippen molar-refractivity contribution in [3.8, 4) is 0 Å². The minimum Gasteiger partial charge on any atom is -0.356 e. The molecule has 0 bridgehead atoms. The summed E-state index contributed by atoms with van der Waals surface area (Å²) in [5.41, 5.74) is 2.14. The number of nitrogens with zero attached hydrogens (tertiary/aromatic N) is 5. The van der Waals surface area contributed by atoms with E-state index in [0.717, 1.165) is 47.7 Å². The Morgan fingerprint density at radius 2 is 1.69 bits per heavy atom. The number of aromatic nitrogens is 4. The van der Waals surface area contributed by atoms with Gasteiger partial charge in [0.2, 0.25) is 0 Å². The number of aryl methyl sites for hydroxylation is 1. The Labute approximate surface area is 208 Å². The molecule has 2 aliphatic rings. The first-order valence-corrected chi connectivity index (χ1v) is 13.1. The number of piperidine rings is 1. The van der Waals surface area contributed by atoms with Crippen LogP contribution in [0, 0.1) is 12.8 Å². The Morgan fingerprint density at radius 1 is 0.914 bits per heavy atom. The summed E-state index contributed by atoms with van der Waals surface area (Å²) >= 11 is 0. The lowest BCUT2D eigenvalue weighted by Gasteiger charge is -2.35. The van der Waals surface area contributed by atoms with Crippen LogP contribution in [-0.2, 0) is 0 Å². The minimum absolute atomic E-state index is 0.702. The second-order valence-corrected chi connectivity index (χ2v) is 9.92. The van der Waals surface area contributed by atoms with Gasteiger partial charge in [0.1, 0.15) is 11.6 Å². The van der Waals surface area contributed by atoms with Crippen LogP contribution in [0.4, 0.5) is 17.5 Å². The highest BCUT2D eigenvalue weighted by Crippen LogP contribution is 2.26. The van der Waals surface area contributed by atoms with E-state index < -0.39 is 0 Å². The Balaban J connectivity index is 1.29. The van der Waals surface area contributed by atoms with Gasteiger partial charge in [-0.05, 0) is 63.3 Å². The maximum absolute atomic E-state index is 4.92. The van der Waals surface area contributed by atoms with Gasteiger partial charge in [0.05, 0.1) is 0 Å². The number of benzene rings is 1. The zero-order chi connectivity index (χ0) is 23.9. The van der Waals surface area contributed by atoms with E-state index in [1.54, 1.807) is 0 Å². The van der Waals surface area contributed by atoms with Gasteiger partial charge in [-0.1, -0.05) is 49.2 Å². The summed E-state index contributed by atoms with van der Waals surface area (Å²) in [6.07, 6.45) is 12.0. The number of likely N-dealkylation sites (tertiary alicyclic amines) is 1. The molecule has 7 heteroatoms. The highest BCUT2D eigenvalue weighted by atomic mass is 15.2. The fourth-order valence-corrected chi connectivity index (χ4v) is 5.13. The van der Waals surface area contributed by atoms with Gasteiger partial charge in [-0.15, -0.1) is 0 Å². The van der Waals surface area contributed by atoms with Crippen LogP contribution in [0.2, 0.25) is 0 Å². The predicted molar refractivity (Wildman–Crippen MR) is 144 cm³/mol. The van der Waals surface area contributed by atoms with Gasteiger partial charge in [-0.3, -0.25) is 5.10 Å². The maximum Gasteiger partial charge on any atom is 0.156 e. The van der Waals surface area contributed by atoms with E-state index in [9.17, 15) is 0 Å². The molecule has 2 aliphatic heterocycles. The molecule has 0 amide bonds. The quantitative estimate of drug-likeness (QED) is 0.473. The van der Waals surface area contributed by atoms with Gasteiger partial charge in [0, 0.05) is 37.5 Å².